The highest BCUT2D eigenvalue weighted by atomic mass is 19.1. The van der Waals surface area contributed by atoms with E-state index in [0.717, 1.165) is 12.1 Å². The lowest BCUT2D eigenvalue weighted by Gasteiger charge is -2.08. The number of carbonyl (C=O) groups is 1. The maximum Gasteiger partial charge on any atom is 0.346 e. The van der Waals surface area contributed by atoms with E-state index in [4.69, 9.17) is 4.74 Å². The number of hydrogen-bond donors (Lipinski definition) is 2. The summed E-state index contributed by atoms with van der Waals surface area (Å²) in [6, 6.07) is 11.2. The van der Waals surface area contributed by atoms with Crippen molar-refractivity contribution in [2.45, 2.75) is 0 Å². The lowest BCUT2D eigenvalue weighted by molar-refractivity contribution is 0.102. The Hall–Kier alpha value is -3.55. The molecule has 1 amide bonds. The second-order valence-corrected chi connectivity index (χ2v) is 5.26. The van der Waals surface area contributed by atoms with Gasteiger partial charge >= 0.3 is 5.69 Å². The summed E-state index contributed by atoms with van der Waals surface area (Å²) >= 11 is 0. The minimum atomic E-state index is -0.926. The number of ether oxygens (including phenoxy) is 1. The molecule has 2 N–H and O–H groups in total. The van der Waals surface area contributed by atoms with Gasteiger partial charge in [-0.05, 0) is 42.5 Å². The molecule has 0 fully saturated rings. The number of para-hydroxylation sites is 1. The monoisotopic (exact) mass is 357 g/mol. The number of rotatable bonds is 4. The third-order valence-electron chi connectivity index (χ3n) is 3.58. The predicted octanol–water partition coefficient (Wildman–Crippen LogP) is 2.98. The Labute approximate surface area is 146 Å². The number of benzene rings is 2. The number of hydrogen-bond acceptors (Lipinski definition) is 4. The molecule has 3 rings (SSSR count). The SMILES string of the molecule is COc1ccc(-c2cc(C(=O)Nc3c(F)cccc3F)[nH]c(=O)n2)cc1. The van der Waals surface area contributed by atoms with Crippen LogP contribution in [0.15, 0.2) is 53.3 Å². The number of amides is 1. The molecular formula is C18H13F2N3O3. The van der Waals surface area contributed by atoms with Gasteiger partial charge in [0.2, 0.25) is 0 Å². The van der Waals surface area contributed by atoms with E-state index in [-0.39, 0.29) is 11.4 Å². The first-order valence-electron chi connectivity index (χ1n) is 7.49. The largest absolute Gasteiger partial charge is 0.497 e. The molecule has 0 radical (unpaired) electrons. The second kappa shape index (κ2) is 7.14. The van der Waals surface area contributed by atoms with E-state index < -0.39 is 28.9 Å². The van der Waals surface area contributed by atoms with Gasteiger partial charge in [0.05, 0.1) is 12.8 Å². The standard InChI is InChI=1S/C18H13F2N3O3/c1-26-11-7-5-10(6-8-11)14-9-15(22-18(25)21-14)17(24)23-16-12(19)3-2-4-13(16)20/h2-9H,1H3,(H,23,24)(H,21,22,25). The van der Waals surface area contributed by atoms with Crippen molar-refractivity contribution in [2.24, 2.45) is 0 Å². The van der Waals surface area contributed by atoms with Crippen molar-refractivity contribution >= 4 is 11.6 Å². The summed E-state index contributed by atoms with van der Waals surface area (Å²) in [4.78, 5) is 30.1. The minimum Gasteiger partial charge on any atom is -0.497 e. The van der Waals surface area contributed by atoms with Crippen molar-refractivity contribution in [1.82, 2.24) is 9.97 Å². The van der Waals surface area contributed by atoms with Crippen LogP contribution in [0.1, 0.15) is 10.5 Å². The zero-order valence-electron chi connectivity index (χ0n) is 13.5. The first kappa shape index (κ1) is 17.3. The zero-order valence-corrected chi connectivity index (χ0v) is 13.5. The molecule has 0 unspecified atom stereocenters. The number of carbonyl (C=O) groups excluding carboxylic acids is 1. The molecule has 0 bridgehead atoms. The van der Waals surface area contributed by atoms with Crippen molar-refractivity contribution in [1.29, 1.82) is 0 Å². The summed E-state index contributed by atoms with van der Waals surface area (Å²) < 4.78 is 32.4. The summed E-state index contributed by atoms with van der Waals surface area (Å²) in [5.74, 6) is -2.11. The van der Waals surface area contributed by atoms with Crippen LogP contribution in [0.25, 0.3) is 11.3 Å². The summed E-state index contributed by atoms with van der Waals surface area (Å²) in [5, 5.41) is 2.11. The summed E-state index contributed by atoms with van der Waals surface area (Å²) in [7, 11) is 1.52. The average Bonchev–Trinajstić information content (AvgIpc) is 2.64. The molecule has 0 aliphatic heterocycles. The van der Waals surface area contributed by atoms with Crippen molar-refractivity contribution in [3.05, 3.63) is 76.3 Å². The Morgan fingerprint density at radius 1 is 1.12 bits per heavy atom. The van der Waals surface area contributed by atoms with E-state index >= 15 is 0 Å². The molecule has 0 saturated heterocycles. The molecular weight excluding hydrogens is 344 g/mol. The van der Waals surface area contributed by atoms with Gasteiger partial charge in [-0.2, -0.15) is 4.98 Å². The van der Waals surface area contributed by atoms with Crippen LogP contribution in [0.3, 0.4) is 0 Å². The molecule has 6 nitrogen and oxygen atoms in total. The van der Waals surface area contributed by atoms with Crippen molar-refractivity contribution < 1.29 is 18.3 Å². The third kappa shape index (κ3) is 3.59. The predicted molar refractivity (Wildman–Crippen MR) is 91.2 cm³/mol. The lowest BCUT2D eigenvalue weighted by atomic mass is 10.1. The number of nitrogens with zero attached hydrogens (tertiary/aromatic N) is 1. The molecule has 1 heterocycles. The van der Waals surface area contributed by atoms with Gasteiger partial charge in [-0.25, -0.2) is 13.6 Å². The number of H-pyrrole nitrogens is 1. The Bertz CT molecular complexity index is 997. The van der Waals surface area contributed by atoms with Crippen LogP contribution in [-0.4, -0.2) is 23.0 Å². The summed E-state index contributed by atoms with van der Waals surface area (Å²) in [6.45, 7) is 0. The number of nitrogens with one attached hydrogen (secondary N) is 2. The normalized spacial score (nSPS) is 10.4. The average molecular weight is 357 g/mol. The van der Waals surface area contributed by atoms with Gasteiger partial charge in [-0.15, -0.1) is 0 Å². The molecule has 0 aliphatic rings. The Kier molecular flexibility index (Phi) is 4.74. The fourth-order valence-corrected chi connectivity index (χ4v) is 2.29. The van der Waals surface area contributed by atoms with Gasteiger partial charge in [-0.3, -0.25) is 4.79 Å². The quantitative estimate of drug-likeness (QED) is 0.752. The van der Waals surface area contributed by atoms with Crippen LogP contribution in [0.4, 0.5) is 14.5 Å². The first-order valence-corrected chi connectivity index (χ1v) is 7.49. The first-order chi connectivity index (χ1) is 12.5. The fourth-order valence-electron chi connectivity index (χ4n) is 2.29. The highest BCUT2D eigenvalue weighted by molar-refractivity contribution is 6.03. The van der Waals surface area contributed by atoms with E-state index in [1.54, 1.807) is 24.3 Å². The van der Waals surface area contributed by atoms with Crippen molar-refractivity contribution in [2.75, 3.05) is 12.4 Å². The van der Waals surface area contributed by atoms with Gasteiger partial charge in [0.1, 0.15) is 28.8 Å². The smallest absolute Gasteiger partial charge is 0.346 e. The number of anilines is 1. The highest BCUT2D eigenvalue weighted by Crippen LogP contribution is 2.21. The van der Waals surface area contributed by atoms with Gasteiger partial charge < -0.3 is 15.0 Å². The molecule has 0 spiro atoms. The Morgan fingerprint density at radius 3 is 2.38 bits per heavy atom. The van der Waals surface area contributed by atoms with Crippen LogP contribution in [0.5, 0.6) is 5.75 Å². The number of halogens is 2. The summed E-state index contributed by atoms with van der Waals surface area (Å²) in [6.07, 6.45) is 0. The molecule has 3 aromatic rings. The van der Waals surface area contributed by atoms with Crippen LogP contribution < -0.4 is 15.7 Å². The zero-order chi connectivity index (χ0) is 18.7. The van der Waals surface area contributed by atoms with Crippen LogP contribution in [0, 0.1) is 11.6 Å². The maximum atomic E-state index is 13.7. The molecule has 0 saturated carbocycles. The van der Waals surface area contributed by atoms with E-state index in [0.29, 0.717) is 11.3 Å². The van der Waals surface area contributed by atoms with Crippen molar-refractivity contribution in [3.63, 3.8) is 0 Å². The second-order valence-electron chi connectivity index (χ2n) is 5.26. The number of aromatic nitrogens is 2. The number of methoxy groups -OCH3 is 1. The van der Waals surface area contributed by atoms with Crippen LogP contribution >= 0.6 is 0 Å². The van der Waals surface area contributed by atoms with Gasteiger partial charge in [0.15, 0.2) is 0 Å². The summed E-state index contributed by atoms with van der Waals surface area (Å²) in [5.41, 5.74) is -0.740. The molecule has 8 heteroatoms. The van der Waals surface area contributed by atoms with E-state index in [9.17, 15) is 18.4 Å². The van der Waals surface area contributed by atoms with E-state index in [1.807, 2.05) is 0 Å². The fraction of sp³-hybridized carbons (Fsp3) is 0.0556. The molecule has 26 heavy (non-hydrogen) atoms. The van der Waals surface area contributed by atoms with E-state index in [1.165, 1.54) is 19.2 Å². The van der Waals surface area contributed by atoms with Crippen LogP contribution in [-0.2, 0) is 0 Å². The maximum absolute atomic E-state index is 13.7. The molecule has 132 valence electrons. The molecule has 2 aromatic carbocycles. The highest BCUT2D eigenvalue weighted by Gasteiger charge is 2.15. The molecule has 1 aromatic heterocycles. The van der Waals surface area contributed by atoms with Gasteiger partial charge in [0, 0.05) is 5.56 Å². The Morgan fingerprint density at radius 2 is 1.77 bits per heavy atom. The Balaban J connectivity index is 1.94. The molecule has 0 atom stereocenters. The van der Waals surface area contributed by atoms with Gasteiger partial charge in [-0.1, -0.05) is 6.07 Å². The van der Waals surface area contributed by atoms with Crippen molar-refractivity contribution in [3.8, 4) is 17.0 Å². The third-order valence-corrected chi connectivity index (χ3v) is 3.58. The van der Waals surface area contributed by atoms with Crippen LogP contribution in [0.2, 0.25) is 0 Å². The number of aromatic amines is 1. The minimum absolute atomic E-state index is 0.182. The topological polar surface area (TPSA) is 84.1 Å². The van der Waals surface area contributed by atoms with Gasteiger partial charge in [0.25, 0.3) is 5.91 Å². The van der Waals surface area contributed by atoms with E-state index in [2.05, 4.69) is 15.3 Å². The lowest BCUT2D eigenvalue weighted by Crippen LogP contribution is -2.22. The molecule has 0 aliphatic carbocycles.